The molecule has 0 aliphatic rings. The maximum absolute atomic E-state index is 12.6. The predicted octanol–water partition coefficient (Wildman–Crippen LogP) is 5.25. The van der Waals surface area contributed by atoms with Gasteiger partial charge in [0.15, 0.2) is 0 Å². The first kappa shape index (κ1) is 18.7. The van der Waals surface area contributed by atoms with Crippen LogP contribution in [0.1, 0.15) is 22.3 Å². The summed E-state index contributed by atoms with van der Waals surface area (Å²) in [4.78, 5) is 17.5. The summed E-state index contributed by atoms with van der Waals surface area (Å²) in [6.07, 6.45) is 1.94. The largest absolute Gasteiger partial charge is 0.334 e. The van der Waals surface area contributed by atoms with Gasteiger partial charge in [-0.25, -0.2) is 9.78 Å². The van der Waals surface area contributed by atoms with Gasteiger partial charge in [0.2, 0.25) is 0 Å². The zero-order chi connectivity index (χ0) is 20.4. The lowest BCUT2D eigenvalue weighted by Gasteiger charge is -2.10. The predicted molar refractivity (Wildman–Crippen MR) is 117 cm³/mol. The van der Waals surface area contributed by atoms with E-state index >= 15 is 0 Å². The van der Waals surface area contributed by atoms with Crippen molar-refractivity contribution in [3.63, 3.8) is 0 Å². The molecule has 2 heterocycles. The molecule has 0 saturated heterocycles. The molecule has 0 saturated carbocycles. The molecule has 0 aliphatic carbocycles. The van der Waals surface area contributed by atoms with E-state index in [1.165, 1.54) is 0 Å². The van der Waals surface area contributed by atoms with Gasteiger partial charge in [0, 0.05) is 18.3 Å². The molecule has 2 N–H and O–H groups in total. The third-order valence-corrected chi connectivity index (χ3v) is 4.80. The number of hydrogen-bond acceptors (Lipinski definition) is 2. The quantitative estimate of drug-likeness (QED) is 0.505. The van der Waals surface area contributed by atoms with Crippen molar-refractivity contribution in [1.29, 1.82) is 0 Å². The maximum atomic E-state index is 12.6. The topological polar surface area (TPSA) is 58.4 Å². The highest BCUT2D eigenvalue weighted by Gasteiger charge is 2.17. The lowest BCUT2D eigenvalue weighted by atomic mass is 10.1. The monoisotopic (exact) mass is 384 g/mol. The van der Waals surface area contributed by atoms with Crippen LogP contribution in [0.15, 0.2) is 66.9 Å². The van der Waals surface area contributed by atoms with Crippen LogP contribution >= 0.6 is 0 Å². The number of benzene rings is 2. The van der Waals surface area contributed by atoms with Gasteiger partial charge in [0.25, 0.3) is 0 Å². The highest BCUT2D eigenvalue weighted by molar-refractivity contribution is 5.93. The number of aryl methyl sites for hydroxylation is 3. The second-order valence-electron chi connectivity index (χ2n) is 7.41. The fourth-order valence-electron chi connectivity index (χ4n) is 3.51. The van der Waals surface area contributed by atoms with Gasteiger partial charge in [-0.2, -0.15) is 0 Å². The van der Waals surface area contributed by atoms with Crippen LogP contribution in [0, 0.1) is 20.8 Å². The number of nitrogens with zero attached hydrogens (tertiary/aromatic N) is 2. The van der Waals surface area contributed by atoms with Crippen LogP contribution in [0.3, 0.4) is 0 Å². The zero-order valence-electron chi connectivity index (χ0n) is 16.9. The number of carbonyl (C=O) groups excluding carboxylic acids is 1. The fraction of sp³-hybridized carbons (Fsp3) is 0.167. The molecule has 4 aromatic rings. The number of fused-ring (bicyclic) bond motifs is 1. The molecule has 5 nitrogen and oxygen atoms in total. The zero-order valence-corrected chi connectivity index (χ0v) is 16.9. The van der Waals surface area contributed by atoms with Crippen molar-refractivity contribution in [2.75, 3.05) is 5.32 Å². The number of carbonyl (C=O) groups is 1. The summed E-state index contributed by atoms with van der Waals surface area (Å²) in [6, 6.07) is 19.9. The Kier molecular flexibility index (Phi) is 5.04. The molecule has 5 heteroatoms. The van der Waals surface area contributed by atoms with Crippen molar-refractivity contribution >= 4 is 17.5 Å². The minimum Gasteiger partial charge on any atom is -0.334 e. The molecule has 29 heavy (non-hydrogen) atoms. The van der Waals surface area contributed by atoms with Gasteiger partial charge < -0.3 is 5.32 Å². The molecular weight excluding hydrogens is 360 g/mol. The van der Waals surface area contributed by atoms with E-state index in [0.29, 0.717) is 12.4 Å². The number of pyridine rings is 1. The summed E-state index contributed by atoms with van der Waals surface area (Å²) in [5.41, 5.74) is 7.04. The molecule has 0 aliphatic heterocycles. The Morgan fingerprint density at radius 1 is 0.931 bits per heavy atom. The number of hydrogen-bond donors (Lipinski definition) is 2. The Morgan fingerprint density at radius 3 is 2.38 bits per heavy atom. The Bertz CT molecular complexity index is 1160. The highest BCUT2D eigenvalue weighted by Crippen LogP contribution is 2.30. The molecule has 0 fully saturated rings. The van der Waals surface area contributed by atoms with Crippen LogP contribution in [0.25, 0.3) is 16.9 Å². The summed E-state index contributed by atoms with van der Waals surface area (Å²) >= 11 is 0. The SMILES string of the molecule is Cc1cc(C)cc(-c2nc3cc(C)ccn3c2NC(=O)NCc2ccccc2)c1. The minimum atomic E-state index is -0.262. The number of imidazole rings is 1. The van der Waals surface area contributed by atoms with Crippen LogP contribution in [-0.2, 0) is 6.54 Å². The average molecular weight is 384 g/mol. The van der Waals surface area contributed by atoms with Crippen LogP contribution < -0.4 is 10.6 Å². The Balaban J connectivity index is 1.69. The van der Waals surface area contributed by atoms with Crippen molar-refractivity contribution in [1.82, 2.24) is 14.7 Å². The van der Waals surface area contributed by atoms with Crippen LogP contribution in [0.4, 0.5) is 10.6 Å². The first-order chi connectivity index (χ1) is 14.0. The van der Waals surface area contributed by atoms with Gasteiger partial charge in [0.05, 0.1) is 0 Å². The van der Waals surface area contributed by atoms with E-state index in [-0.39, 0.29) is 6.03 Å². The van der Waals surface area contributed by atoms with Gasteiger partial charge in [-0.1, -0.05) is 47.5 Å². The van der Waals surface area contributed by atoms with Gasteiger partial charge in [-0.3, -0.25) is 9.72 Å². The summed E-state index contributed by atoms with van der Waals surface area (Å²) in [5, 5.41) is 5.93. The van der Waals surface area contributed by atoms with E-state index in [4.69, 9.17) is 4.98 Å². The van der Waals surface area contributed by atoms with Gasteiger partial charge >= 0.3 is 6.03 Å². The summed E-state index contributed by atoms with van der Waals surface area (Å²) in [6.45, 7) is 6.62. The van der Waals surface area contributed by atoms with E-state index < -0.39 is 0 Å². The summed E-state index contributed by atoms with van der Waals surface area (Å²) < 4.78 is 1.92. The van der Waals surface area contributed by atoms with E-state index in [0.717, 1.165) is 39.2 Å². The Morgan fingerprint density at radius 2 is 1.66 bits per heavy atom. The van der Waals surface area contributed by atoms with E-state index in [2.05, 4.69) is 42.7 Å². The summed E-state index contributed by atoms with van der Waals surface area (Å²) in [7, 11) is 0. The standard InChI is InChI=1S/C24H24N4O/c1-16-9-10-28-21(14-16)26-22(20-12-17(2)11-18(3)13-20)23(28)27-24(29)25-15-19-7-5-4-6-8-19/h4-14H,15H2,1-3H3,(H2,25,27,29). The fourth-order valence-corrected chi connectivity index (χ4v) is 3.51. The second-order valence-corrected chi connectivity index (χ2v) is 7.41. The van der Waals surface area contributed by atoms with E-state index in [1.807, 2.05) is 60.0 Å². The molecule has 2 amide bonds. The van der Waals surface area contributed by atoms with Gasteiger partial charge in [0.1, 0.15) is 17.2 Å². The molecule has 4 rings (SSSR count). The van der Waals surface area contributed by atoms with Crippen molar-refractivity contribution < 1.29 is 4.79 Å². The number of anilines is 1. The molecule has 2 aromatic heterocycles. The number of nitrogens with one attached hydrogen (secondary N) is 2. The molecular formula is C24H24N4O. The minimum absolute atomic E-state index is 0.262. The maximum Gasteiger partial charge on any atom is 0.320 e. The van der Waals surface area contributed by atoms with Crippen LogP contribution in [-0.4, -0.2) is 15.4 Å². The van der Waals surface area contributed by atoms with Crippen molar-refractivity contribution in [3.8, 4) is 11.3 Å². The first-order valence-corrected chi connectivity index (χ1v) is 9.66. The average Bonchev–Trinajstić information content (AvgIpc) is 3.04. The smallest absolute Gasteiger partial charge is 0.320 e. The molecule has 0 radical (unpaired) electrons. The highest BCUT2D eigenvalue weighted by atomic mass is 16.2. The third-order valence-electron chi connectivity index (χ3n) is 4.80. The first-order valence-electron chi connectivity index (χ1n) is 9.66. The third kappa shape index (κ3) is 4.14. The molecule has 2 aromatic carbocycles. The number of urea groups is 1. The van der Waals surface area contributed by atoms with Crippen LogP contribution in [0.5, 0.6) is 0 Å². The molecule has 0 unspecified atom stereocenters. The Hall–Kier alpha value is -3.60. The number of amides is 2. The molecule has 146 valence electrons. The normalized spacial score (nSPS) is 10.9. The van der Waals surface area contributed by atoms with Crippen molar-refractivity contribution in [2.45, 2.75) is 27.3 Å². The second kappa shape index (κ2) is 7.80. The van der Waals surface area contributed by atoms with E-state index in [1.54, 1.807) is 0 Å². The molecule has 0 bridgehead atoms. The summed E-state index contributed by atoms with van der Waals surface area (Å²) in [5.74, 6) is 0.663. The number of rotatable bonds is 4. The molecule has 0 spiro atoms. The lowest BCUT2D eigenvalue weighted by molar-refractivity contribution is 0.251. The number of aromatic nitrogens is 2. The Labute approximate surface area is 170 Å². The van der Waals surface area contributed by atoms with E-state index in [9.17, 15) is 4.79 Å². The van der Waals surface area contributed by atoms with Crippen molar-refractivity contribution in [2.24, 2.45) is 0 Å². The van der Waals surface area contributed by atoms with Gasteiger partial charge in [-0.05, 0) is 56.2 Å². The van der Waals surface area contributed by atoms with Crippen molar-refractivity contribution in [3.05, 3.63) is 89.1 Å². The lowest BCUT2D eigenvalue weighted by Crippen LogP contribution is -2.28. The molecule has 0 atom stereocenters. The van der Waals surface area contributed by atoms with Crippen LogP contribution in [0.2, 0.25) is 0 Å². The van der Waals surface area contributed by atoms with Gasteiger partial charge in [-0.15, -0.1) is 0 Å².